The lowest BCUT2D eigenvalue weighted by Crippen LogP contribution is -2.24. The molecule has 0 aromatic carbocycles. The van der Waals surface area contributed by atoms with Crippen LogP contribution in [-0.2, 0) is 14.3 Å². The number of rotatable bonds is 7. The van der Waals surface area contributed by atoms with Gasteiger partial charge in [-0.05, 0) is 27.7 Å². The fourth-order valence-corrected chi connectivity index (χ4v) is 1.15. The van der Waals surface area contributed by atoms with Crippen molar-refractivity contribution in [3.8, 4) is 0 Å². The zero-order valence-electron chi connectivity index (χ0n) is 11.9. The van der Waals surface area contributed by atoms with Gasteiger partial charge in [-0.2, -0.15) is 0 Å². The second-order valence-electron chi connectivity index (χ2n) is 5.11. The van der Waals surface area contributed by atoms with Crippen molar-refractivity contribution in [2.75, 3.05) is 27.3 Å². The summed E-state index contributed by atoms with van der Waals surface area (Å²) in [6.45, 7) is 8.38. The van der Waals surface area contributed by atoms with E-state index in [-0.39, 0.29) is 24.4 Å². The Balaban J connectivity index is 4.22. The first kappa shape index (κ1) is 16.0. The van der Waals surface area contributed by atoms with E-state index in [2.05, 4.69) is 0 Å². The molecule has 0 heterocycles. The highest BCUT2D eigenvalue weighted by Crippen LogP contribution is 2.10. The van der Waals surface area contributed by atoms with Crippen LogP contribution in [0.3, 0.4) is 0 Å². The summed E-state index contributed by atoms with van der Waals surface area (Å²) in [6, 6.07) is 0. The number of nitrogens with zero attached hydrogens (tertiary/aromatic N) is 1. The molecule has 0 unspecified atom stereocenters. The van der Waals surface area contributed by atoms with E-state index >= 15 is 0 Å². The first-order valence-electron chi connectivity index (χ1n) is 5.90. The molecule has 0 radical (unpaired) electrons. The monoisotopic (exact) mass is 243 g/mol. The van der Waals surface area contributed by atoms with Crippen molar-refractivity contribution in [2.45, 2.75) is 39.7 Å². The SMILES string of the molecule is CCO/C(=C\N(C)C)CC(=O)COC(C)(C)C. The maximum atomic E-state index is 11.7. The number of allylic oxidation sites excluding steroid dienone is 1. The average molecular weight is 243 g/mol. The van der Waals surface area contributed by atoms with Gasteiger partial charge in [-0.3, -0.25) is 4.79 Å². The first-order valence-corrected chi connectivity index (χ1v) is 5.90. The Morgan fingerprint density at radius 1 is 1.29 bits per heavy atom. The third kappa shape index (κ3) is 9.87. The van der Waals surface area contributed by atoms with Crippen LogP contribution >= 0.6 is 0 Å². The molecule has 17 heavy (non-hydrogen) atoms. The van der Waals surface area contributed by atoms with Gasteiger partial charge in [0.25, 0.3) is 0 Å². The molecule has 4 nitrogen and oxygen atoms in total. The minimum absolute atomic E-state index is 0.0291. The Hall–Kier alpha value is -1.03. The lowest BCUT2D eigenvalue weighted by Gasteiger charge is -2.19. The fraction of sp³-hybridized carbons (Fsp3) is 0.769. The van der Waals surface area contributed by atoms with E-state index in [1.165, 1.54) is 0 Å². The van der Waals surface area contributed by atoms with Crippen molar-refractivity contribution in [3.63, 3.8) is 0 Å². The number of carbonyl (C=O) groups is 1. The van der Waals surface area contributed by atoms with Crippen molar-refractivity contribution < 1.29 is 14.3 Å². The van der Waals surface area contributed by atoms with E-state index in [1.54, 1.807) is 0 Å². The van der Waals surface area contributed by atoms with Gasteiger partial charge >= 0.3 is 0 Å². The van der Waals surface area contributed by atoms with E-state index in [0.717, 1.165) is 0 Å². The lowest BCUT2D eigenvalue weighted by molar-refractivity contribution is -0.128. The molecule has 0 atom stereocenters. The number of ether oxygens (including phenoxy) is 2. The molecule has 0 aliphatic carbocycles. The Morgan fingerprint density at radius 2 is 1.88 bits per heavy atom. The van der Waals surface area contributed by atoms with Gasteiger partial charge < -0.3 is 14.4 Å². The van der Waals surface area contributed by atoms with Crippen LogP contribution in [0, 0.1) is 0 Å². The van der Waals surface area contributed by atoms with Gasteiger partial charge in [0, 0.05) is 20.3 Å². The third-order valence-electron chi connectivity index (χ3n) is 1.77. The zero-order chi connectivity index (χ0) is 13.5. The van der Waals surface area contributed by atoms with E-state index in [4.69, 9.17) is 9.47 Å². The van der Waals surface area contributed by atoms with Crippen molar-refractivity contribution in [3.05, 3.63) is 12.0 Å². The number of Topliss-reactive ketones (excluding diaryl/α,β-unsaturated/α-hetero) is 1. The molecule has 0 aromatic rings. The molecule has 0 fully saturated rings. The highest BCUT2D eigenvalue weighted by molar-refractivity contribution is 5.81. The van der Waals surface area contributed by atoms with Crippen LogP contribution in [0.1, 0.15) is 34.1 Å². The molecule has 100 valence electrons. The summed E-state index contributed by atoms with van der Waals surface area (Å²) in [4.78, 5) is 13.6. The van der Waals surface area contributed by atoms with Crippen molar-refractivity contribution >= 4 is 5.78 Å². The summed E-state index contributed by atoms with van der Waals surface area (Å²) < 4.78 is 10.8. The summed E-state index contributed by atoms with van der Waals surface area (Å²) in [5.74, 6) is 0.710. The van der Waals surface area contributed by atoms with E-state index in [0.29, 0.717) is 12.4 Å². The lowest BCUT2D eigenvalue weighted by atomic mass is 10.2. The number of ketones is 1. The molecular weight excluding hydrogens is 218 g/mol. The quantitative estimate of drug-likeness (QED) is 0.643. The van der Waals surface area contributed by atoms with Crippen molar-refractivity contribution in [1.82, 2.24) is 4.90 Å². The summed E-state index contributed by atoms with van der Waals surface area (Å²) in [5.41, 5.74) is -0.285. The Bertz CT molecular complexity index is 264. The van der Waals surface area contributed by atoms with Gasteiger partial charge in [-0.15, -0.1) is 0 Å². The number of hydrogen-bond acceptors (Lipinski definition) is 4. The predicted molar refractivity (Wildman–Crippen MR) is 68.7 cm³/mol. The maximum absolute atomic E-state index is 11.7. The van der Waals surface area contributed by atoms with Crippen molar-refractivity contribution in [1.29, 1.82) is 0 Å². The van der Waals surface area contributed by atoms with Crippen LogP contribution in [-0.4, -0.2) is 43.6 Å². The van der Waals surface area contributed by atoms with Gasteiger partial charge in [-0.1, -0.05) is 0 Å². The molecule has 0 saturated heterocycles. The largest absolute Gasteiger partial charge is 0.496 e. The predicted octanol–water partition coefficient (Wildman–Crippen LogP) is 2.20. The molecule has 0 aliphatic rings. The second-order valence-corrected chi connectivity index (χ2v) is 5.11. The topological polar surface area (TPSA) is 38.8 Å². The maximum Gasteiger partial charge on any atom is 0.166 e. The van der Waals surface area contributed by atoms with Gasteiger partial charge in [0.05, 0.1) is 18.6 Å². The fourth-order valence-electron chi connectivity index (χ4n) is 1.15. The Labute approximate surface area is 105 Å². The normalized spacial score (nSPS) is 12.5. The first-order chi connectivity index (χ1) is 7.74. The minimum Gasteiger partial charge on any atom is -0.496 e. The molecule has 4 heteroatoms. The van der Waals surface area contributed by atoms with Crippen molar-refractivity contribution in [2.24, 2.45) is 0 Å². The zero-order valence-corrected chi connectivity index (χ0v) is 11.9. The van der Waals surface area contributed by atoms with Crippen LogP contribution in [0.25, 0.3) is 0 Å². The van der Waals surface area contributed by atoms with Crippen LogP contribution in [0.2, 0.25) is 0 Å². The van der Waals surface area contributed by atoms with Gasteiger partial charge in [0.2, 0.25) is 0 Å². The van der Waals surface area contributed by atoms with Crippen LogP contribution < -0.4 is 0 Å². The number of hydrogen-bond donors (Lipinski definition) is 0. The summed E-state index contributed by atoms with van der Waals surface area (Å²) in [6.07, 6.45) is 2.10. The summed E-state index contributed by atoms with van der Waals surface area (Å²) in [5, 5.41) is 0. The Morgan fingerprint density at radius 3 is 2.29 bits per heavy atom. The smallest absolute Gasteiger partial charge is 0.166 e. The number of carbonyl (C=O) groups excluding carboxylic acids is 1. The van der Waals surface area contributed by atoms with E-state index < -0.39 is 0 Å². The molecule has 0 aliphatic heterocycles. The third-order valence-corrected chi connectivity index (χ3v) is 1.77. The van der Waals surface area contributed by atoms with E-state index in [9.17, 15) is 4.79 Å². The van der Waals surface area contributed by atoms with Crippen LogP contribution in [0.15, 0.2) is 12.0 Å². The van der Waals surface area contributed by atoms with Crippen LogP contribution in [0.4, 0.5) is 0 Å². The van der Waals surface area contributed by atoms with E-state index in [1.807, 2.05) is 52.9 Å². The highest BCUT2D eigenvalue weighted by Gasteiger charge is 2.14. The van der Waals surface area contributed by atoms with Crippen LogP contribution in [0.5, 0.6) is 0 Å². The van der Waals surface area contributed by atoms with Gasteiger partial charge in [0.1, 0.15) is 12.4 Å². The molecule has 0 saturated carbocycles. The summed E-state index contributed by atoms with van der Waals surface area (Å²) in [7, 11) is 3.80. The molecule has 0 N–H and O–H groups in total. The average Bonchev–Trinajstić information content (AvgIpc) is 2.13. The second kappa shape index (κ2) is 7.33. The summed E-state index contributed by atoms with van der Waals surface area (Å²) >= 11 is 0. The molecule has 0 spiro atoms. The molecule has 0 amide bonds. The highest BCUT2D eigenvalue weighted by atomic mass is 16.5. The van der Waals surface area contributed by atoms with Gasteiger partial charge in [-0.25, -0.2) is 0 Å². The molecule has 0 aromatic heterocycles. The molecular formula is C13H25NO3. The molecule has 0 rings (SSSR count). The Kier molecular flexibility index (Phi) is 6.88. The standard InChI is InChI=1S/C13H25NO3/c1-7-16-12(9-14(5)6)8-11(15)10-17-13(2,3)4/h9H,7-8,10H2,1-6H3/b12-9-. The minimum atomic E-state index is -0.285. The van der Waals surface area contributed by atoms with Gasteiger partial charge in [0.15, 0.2) is 5.78 Å². The molecule has 0 bridgehead atoms.